The van der Waals surface area contributed by atoms with Crippen LogP contribution in [0.5, 0.6) is 11.5 Å². The maximum atomic E-state index is 5.98. The molecule has 1 heterocycles. The molecule has 0 radical (unpaired) electrons. The number of likely N-dealkylation sites (tertiary alicyclic amines) is 1. The number of nitrogens with two attached hydrogens (primary N) is 1. The number of nitrogens with zero attached hydrogens (tertiary/aromatic N) is 1. The van der Waals surface area contributed by atoms with Crippen LogP contribution in [-0.4, -0.2) is 31.3 Å². The van der Waals surface area contributed by atoms with Gasteiger partial charge in [-0.1, -0.05) is 6.42 Å². The molecule has 0 aromatic heterocycles. The van der Waals surface area contributed by atoms with Crippen LogP contribution < -0.4 is 15.2 Å². The highest BCUT2D eigenvalue weighted by Gasteiger charge is 2.19. The van der Waals surface area contributed by atoms with Gasteiger partial charge in [-0.25, -0.2) is 0 Å². The van der Waals surface area contributed by atoms with E-state index in [0.29, 0.717) is 5.69 Å². The first kappa shape index (κ1) is 15.9. The molecule has 0 amide bonds. The van der Waals surface area contributed by atoms with Gasteiger partial charge in [-0.15, -0.1) is 12.4 Å². The monoisotopic (exact) mass is 286 g/mol. The number of rotatable bonds is 4. The molecule has 1 aromatic rings. The van der Waals surface area contributed by atoms with Crippen molar-refractivity contribution in [2.45, 2.75) is 32.4 Å². The summed E-state index contributed by atoms with van der Waals surface area (Å²) in [5, 5.41) is 0. The van der Waals surface area contributed by atoms with E-state index in [-0.39, 0.29) is 18.6 Å². The van der Waals surface area contributed by atoms with Gasteiger partial charge in [0.2, 0.25) is 0 Å². The zero-order valence-electron chi connectivity index (χ0n) is 11.6. The van der Waals surface area contributed by atoms with Crippen molar-refractivity contribution < 1.29 is 9.47 Å². The molecule has 4 nitrogen and oxygen atoms in total. The summed E-state index contributed by atoms with van der Waals surface area (Å²) >= 11 is 0. The molecule has 0 saturated carbocycles. The van der Waals surface area contributed by atoms with Crippen molar-refractivity contribution in [1.82, 2.24) is 4.90 Å². The van der Waals surface area contributed by atoms with Gasteiger partial charge in [0.15, 0.2) is 11.5 Å². The molecule has 0 spiro atoms. The third kappa shape index (κ3) is 4.18. The van der Waals surface area contributed by atoms with E-state index >= 15 is 0 Å². The Balaban J connectivity index is 0.00000180. The van der Waals surface area contributed by atoms with Crippen molar-refractivity contribution in [3.8, 4) is 11.5 Å². The Morgan fingerprint density at radius 3 is 2.47 bits per heavy atom. The topological polar surface area (TPSA) is 47.7 Å². The minimum atomic E-state index is 0. The Morgan fingerprint density at radius 1 is 1.16 bits per heavy atom. The number of anilines is 1. The summed E-state index contributed by atoms with van der Waals surface area (Å²) < 4.78 is 11.3. The average molecular weight is 287 g/mol. The third-order valence-electron chi connectivity index (χ3n) is 3.39. The number of hydrogen-bond acceptors (Lipinski definition) is 4. The lowest BCUT2D eigenvalue weighted by atomic mass is 10.1. The molecule has 1 atom stereocenters. The lowest BCUT2D eigenvalue weighted by molar-refractivity contribution is 0.0245. The normalized spacial score (nSPS) is 17.4. The minimum Gasteiger partial charge on any atom is -0.493 e. The van der Waals surface area contributed by atoms with Gasteiger partial charge in [-0.3, -0.25) is 4.90 Å². The highest BCUT2D eigenvalue weighted by molar-refractivity contribution is 5.85. The predicted octanol–water partition coefficient (Wildman–Crippen LogP) is 2.91. The van der Waals surface area contributed by atoms with Gasteiger partial charge in [0, 0.05) is 24.8 Å². The quantitative estimate of drug-likeness (QED) is 0.865. The summed E-state index contributed by atoms with van der Waals surface area (Å²) in [6, 6.07) is 5.48. The van der Waals surface area contributed by atoms with Gasteiger partial charge in [-0.2, -0.15) is 0 Å². The molecular weight excluding hydrogens is 264 g/mol. The summed E-state index contributed by atoms with van der Waals surface area (Å²) in [4.78, 5) is 2.35. The predicted molar refractivity (Wildman–Crippen MR) is 80.2 cm³/mol. The molecule has 1 saturated heterocycles. The number of halogens is 1. The molecule has 19 heavy (non-hydrogen) atoms. The summed E-state index contributed by atoms with van der Waals surface area (Å²) in [5.41, 5.74) is 6.48. The number of piperidine rings is 1. The molecule has 108 valence electrons. The van der Waals surface area contributed by atoms with Gasteiger partial charge >= 0.3 is 0 Å². The van der Waals surface area contributed by atoms with Crippen LogP contribution >= 0.6 is 12.4 Å². The van der Waals surface area contributed by atoms with Crippen molar-refractivity contribution in [3.05, 3.63) is 18.2 Å². The van der Waals surface area contributed by atoms with Crippen LogP contribution in [0.4, 0.5) is 5.69 Å². The molecule has 5 heteroatoms. The first-order valence-electron chi connectivity index (χ1n) is 6.55. The number of hydrogen-bond donors (Lipinski definition) is 1. The van der Waals surface area contributed by atoms with Crippen molar-refractivity contribution in [2.24, 2.45) is 0 Å². The molecule has 1 fully saturated rings. The van der Waals surface area contributed by atoms with Gasteiger partial charge in [-0.05, 0) is 31.9 Å². The molecule has 1 aliphatic heterocycles. The van der Waals surface area contributed by atoms with Crippen LogP contribution in [0.25, 0.3) is 0 Å². The highest BCUT2D eigenvalue weighted by atomic mass is 35.5. The molecule has 1 aliphatic rings. The maximum Gasteiger partial charge on any atom is 0.165 e. The Kier molecular flexibility index (Phi) is 6.25. The van der Waals surface area contributed by atoms with Crippen LogP contribution in [0.2, 0.25) is 0 Å². The van der Waals surface area contributed by atoms with E-state index < -0.39 is 0 Å². The molecule has 0 bridgehead atoms. The smallest absolute Gasteiger partial charge is 0.165 e. The van der Waals surface area contributed by atoms with Gasteiger partial charge in [0.25, 0.3) is 0 Å². The van der Waals surface area contributed by atoms with E-state index in [1.54, 1.807) is 7.11 Å². The lowest BCUT2D eigenvalue weighted by Gasteiger charge is -2.32. The van der Waals surface area contributed by atoms with E-state index in [9.17, 15) is 0 Å². The van der Waals surface area contributed by atoms with Crippen molar-refractivity contribution in [2.75, 3.05) is 25.9 Å². The molecule has 0 aliphatic carbocycles. The van der Waals surface area contributed by atoms with Crippen molar-refractivity contribution in [1.29, 1.82) is 0 Å². The lowest BCUT2D eigenvalue weighted by Crippen LogP contribution is -2.40. The van der Waals surface area contributed by atoms with E-state index in [2.05, 4.69) is 11.8 Å². The standard InChI is InChI=1S/C14H22N2O2.ClH/c1-11(16-8-4-3-5-9-16)18-14-10-12(15)6-7-13(14)17-2;/h6-7,10-11H,3-5,8-9,15H2,1-2H3;1H. The van der Waals surface area contributed by atoms with Crippen LogP contribution in [0, 0.1) is 0 Å². The number of benzene rings is 1. The Hall–Kier alpha value is -1.13. The zero-order valence-corrected chi connectivity index (χ0v) is 12.4. The second kappa shape index (κ2) is 7.46. The zero-order chi connectivity index (χ0) is 13.0. The largest absolute Gasteiger partial charge is 0.493 e. The molecule has 1 aromatic carbocycles. The maximum absolute atomic E-state index is 5.98. The number of ether oxygens (including phenoxy) is 2. The van der Waals surface area contributed by atoms with Crippen molar-refractivity contribution >= 4 is 18.1 Å². The fourth-order valence-electron chi connectivity index (χ4n) is 2.33. The summed E-state index contributed by atoms with van der Waals surface area (Å²) in [7, 11) is 1.64. The Bertz CT molecular complexity index is 395. The van der Waals surface area contributed by atoms with Crippen LogP contribution in [-0.2, 0) is 0 Å². The van der Waals surface area contributed by atoms with Gasteiger partial charge < -0.3 is 15.2 Å². The number of methoxy groups -OCH3 is 1. The number of nitrogen functional groups attached to an aromatic ring is 1. The van der Waals surface area contributed by atoms with Gasteiger partial charge in [0.1, 0.15) is 6.23 Å². The first-order valence-corrected chi connectivity index (χ1v) is 6.55. The van der Waals surface area contributed by atoms with E-state index in [1.165, 1.54) is 19.3 Å². The molecular formula is C14H23ClN2O2. The van der Waals surface area contributed by atoms with Crippen LogP contribution in [0.1, 0.15) is 26.2 Å². The fraction of sp³-hybridized carbons (Fsp3) is 0.571. The van der Waals surface area contributed by atoms with Crippen molar-refractivity contribution in [3.63, 3.8) is 0 Å². The van der Waals surface area contributed by atoms with Crippen LogP contribution in [0.15, 0.2) is 18.2 Å². The Morgan fingerprint density at radius 2 is 1.84 bits per heavy atom. The van der Waals surface area contributed by atoms with E-state index in [0.717, 1.165) is 24.6 Å². The molecule has 2 N–H and O–H groups in total. The van der Waals surface area contributed by atoms with Crippen LogP contribution in [0.3, 0.4) is 0 Å². The van der Waals surface area contributed by atoms with Gasteiger partial charge in [0.05, 0.1) is 7.11 Å². The highest BCUT2D eigenvalue weighted by Crippen LogP contribution is 2.30. The third-order valence-corrected chi connectivity index (χ3v) is 3.39. The first-order chi connectivity index (χ1) is 8.70. The SMILES string of the molecule is COc1ccc(N)cc1OC(C)N1CCCCC1.Cl. The summed E-state index contributed by atoms with van der Waals surface area (Å²) in [6.07, 6.45) is 3.88. The van der Waals surface area contributed by atoms with E-state index in [1.807, 2.05) is 18.2 Å². The minimum absolute atomic E-state index is 0. The molecule has 1 unspecified atom stereocenters. The Labute approximate surface area is 121 Å². The second-order valence-electron chi connectivity index (χ2n) is 4.72. The summed E-state index contributed by atoms with van der Waals surface area (Å²) in [6.45, 7) is 4.28. The molecule has 2 rings (SSSR count). The fourth-order valence-corrected chi connectivity index (χ4v) is 2.33. The second-order valence-corrected chi connectivity index (χ2v) is 4.72. The average Bonchev–Trinajstić information content (AvgIpc) is 2.40. The van der Waals surface area contributed by atoms with E-state index in [4.69, 9.17) is 15.2 Å². The summed E-state index contributed by atoms with van der Waals surface area (Å²) in [5.74, 6) is 1.45.